The highest BCUT2D eigenvalue weighted by Gasteiger charge is 2.93. The molecule has 51 heavy (non-hydrogen) atoms. The lowest BCUT2D eigenvalue weighted by atomic mass is 9.44. The number of aliphatic hydroxyl groups is 2. The highest BCUT2D eigenvalue weighted by molar-refractivity contribution is 5.98. The molecule has 0 unspecified atom stereocenters. The maximum Gasteiger partial charge on any atom is 0.341 e. The van der Waals surface area contributed by atoms with Crippen molar-refractivity contribution in [1.29, 1.82) is 0 Å². The first-order chi connectivity index (χ1) is 23.6. The SMILES string of the molecule is CC(=O)O[C@H]1[C@@H]2[C@H]([C@H](C)[C@H]3O[C@]34OC(=O)[C@@](C)(O)[C@]24C)[C@]2(C)[C@@H]1C1=C(O)C(=O)[C@H]3C[C@@H]4O[C@@H]4[C@H](OC(C)=O)[C@]3(C)[C@H]1[C@H](OC(C)=O)[C@@H]2OC(C)=O. The number of hydrogen-bond donors (Lipinski definition) is 2. The van der Waals surface area contributed by atoms with Crippen molar-refractivity contribution in [2.45, 2.75) is 123 Å². The second-order valence-corrected chi connectivity index (χ2v) is 16.8. The van der Waals surface area contributed by atoms with Gasteiger partial charge in [0.1, 0.15) is 36.6 Å². The van der Waals surface area contributed by atoms with Gasteiger partial charge in [-0.15, -0.1) is 0 Å². The highest BCUT2D eigenvalue weighted by atomic mass is 16.8. The minimum Gasteiger partial charge on any atom is -0.504 e. The van der Waals surface area contributed by atoms with Crippen LogP contribution in [0.4, 0.5) is 0 Å². The summed E-state index contributed by atoms with van der Waals surface area (Å²) in [6, 6.07) is 0. The van der Waals surface area contributed by atoms with E-state index in [1.165, 1.54) is 34.6 Å². The van der Waals surface area contributed by atoms with Crippen molar-refractivity contribution in [2.75, 3.05) is 0 Å². The van der Waals surface area contributed by atoms with Gasteiger partial charge < -0.3 is 43.4 Å². The van der Waals surface area contributed by atoms with Crippen molar-refractivity contribution in [1.82, 2.24) is 0 Å². The Bertz CT molecular complexity index is 1730. The summed E-state index contributed by atoms with van der Waals surface area (Å²) < 4.78 is 42.6. The van der Waals surface area contributed by atoms with E-state index in [-0.39, 0.29) is 12.0 Å². The molecule has 15 nitrogen and oxygen atoms in total. The Balaban J connectivity index is 1.44. The van der Waals surface area contributed by atoms with Gasteiger partial charge in [-0.3, -0.25) is 24.0 Å². The third kappa shape index (κ3) is 3.85. The zero-order valence-electron chi connectivity index (χ0n) is 29.9. The second kappa shape index (κ2) is 10.1. The van der Waals surface area contributed by atoms with Crippen LogP contribution < -0.4 is 0 Å². The van der Waals surface area contributed by atoms with E-state index in [0.29, 0.717) is 0 Å². The van der Waals surface area contributed by atoms with Gasteiger partial charge in [0.2, 0.25) is 11.6 Å². The normalized spacial score (nSPS) is 53.8. The van der Waals surface area contributed by atoms with Gasteiger partial charge in [0.25, 0.3) is 0 Å². The molecule has 0 aromatic heterocycles. The van der Waals surface area contributed by atoms with Gasteiger partial charge in [-0.25, -0.2) is 4.79 Å². The third-order valence-electron chi connectivity index (χ3n) is 14.5. The number of epoxide rings is 2. The lowest BCUT2D eigenvalue weighted by Gasteiger charge is -2.61. The molecule has 0 aromatic rings. The Morgan fingerprint density at radius 2 is 1.33 bits per heavy atom. The summed E-state index contributed by atoms with van der Waals surface area (Å²) in [5.41, 5.74) is -6.45. The molecule has 3 saturated heterocycles. The van der Waals surface area contributed by atoms with E-state index in [2.05, 4.69) is 0 Å². The summed E-state index contributed by atoms with van der Waals surface area (Å²) in [7, 11) is 0. The van der Waals surface area contributed by atoms with E-state index in [1.807, 2.05) is 6.92 Å². The summed E-state index contributed by atoms with van der Waals surface area (Å²) in [6.07, 6.45) is -6.55. The Labute approximate surface area is 293 Å². The van der Waals surface area contributed by atoms with Crippen LogP contribution in [0.1, 0.15) is 68.7 Å². The molecule has 3 aliphatic heterocycles. The predicted molar refractivity (Wildman–Crippen MR) is 165 cm³/mol. The number of fused-ring (bicyclic) bond motifs is 9. The molecule has 7 fully saturated rings. The smallest absolute Gasteiger partial charge is 0.341 e. The summed E-state index contributed by atoms with van der Waals surface area (Å²) in [5, 5.41) is 24.3. The molecule has 3 heterocycles. The average molecular weight is 717 g/mol. The fraction of sp³-hybridized carbons (Fsp3) is 0.778. The molecular formula is C36H44O15. The molecule has 8 aliphatic rings. The summed E-state index contributed by atoms with van der Waals surface area (Å²) in [4.78, 5) is 80.0. The maximum atomic E-state index is 14.5. The number of esters is 5. The molecule has 0 amide bonds. The Kier molecular flexibility index (Phi) is 6.84. The van der Waals surface area contributed by atoms with Gasteiger partial charge in [-0.1, -0.05) is 20.8 Å². The molecule has 18 atom stereocenters. The Morgan fingerprint density at radius 1 is 0.784 bits per heavy atom. The van der Waals surface area contributed by atoms with Gasteiger partial charge in [0.15, 0.2) is 11.4 Å². The van der Waals surface area contributed by atoms with Crippen molar-refractivity contribution < 1.29 is 72.1 Å². The number of carbonyl (C=O) groups excluding carboxylic acids is 6. The monoisotopic (exact) mass is 716 g/mol. The number of hydrogen-bond acceptors (Lipinski definition) is 15. The van der Waals surface area contributed by atoms with Crippen LogP contribution in [0.3, 0.4) is 0 Å². The van der Waals surface area contributed by atoms with Gasteiger partial charge in [-0.2, -0.15) is 0 Å². The van der Waals surface area contributed by atoms with E-state index in [1.54, 1.807) is 20.8 Å². The molecule has 0 aromatic carbocycles. The first kappa shape index (κ1) is 34.5. The molecule has 5 aliphatic carbocycles. The second-order valence-electron chi connectivity index (χ2n) is 16.8. The Hall–Kier alpha value is -3.56. The first-order valence-electron chi connectivity index (χ1n) is 17.6. The summed E-state index contributed by atoms with van der Waals surface area (Å²) in [6.45, 7) is 13.1. The van der Waals surface area contributed by atoms with Gasteiger partial charge in [0, 0.05) is 62.2 Å². The van der Waals surface area contributed by atoms with Crippen LogP contribution in [-0.2, 0) is 61.9 Å². The van der Waals surface area contributed by atoms with Crippen molar-refractivity contribution in [3.05, 3.63) is 11.3 Å². The maximum absolute atomic E-state index is 14.5. The largest absolute Gasteiger partial charge is 0.504 e. The fourth-order valence-corrected chi connectivity index (χ4v) is 12.6. The van der Waals surface area contributed by atoms with Crippen LogP contribution in [-0.4, -0.2) is 100.0 Å². The van der Waals surface area contributed by atoms with Crippen LogP contribution in [0.2, 0.25) is 0 Å². The zero-order chi connectivity index (χ0) is 37.3. The van der Waals surface area contributed by atoms with Crippen LogP contribution in [0.5, 0.6) is 0 Å². The Morgan fingerprint density at radius 3 is 1.92 bits per heavy atom. The number of ketones is 1. The predicted octanol–water partition coefficient (Wildman–Crippen LogP) is 1.46. The van der Waals surface area contributed by atoms with Crippen molar-refractivity contribution in [3.8, 4) is 0 Å². The van der Waals surface area contributed by atoms with Gasteiger partial charge >= 0.3 is 29.8 Å². The van der Waals surface area contributed by atoms with Crippen molar-refractivity contribution >= 4 is 35.6 Å². The zero-order valence-corrected chi connectivity index (χ0v) is 29.9. The summed E-state index contributed by atoms with van der Waals surface area (Å²) >= 11 is 0. The minimum absolute atomic E-state index is 0.0946. The topological polar surface area (TPSA) is 214 Å². The molecule has 278 valence electrons. The lowest BCUT2D eigenvalue weighted by Crippen LogP contribution is -2.69. The summed E-state index contributed by atoms with van der Waals surface area (Å²) in [5.74, 6) is -12.0. The number of carbonyl (C=O) groups is 6. The number of ether oxygens (including phenoxy) is 7. The molecule has 2 N–H and O–H groups in total. The average Bonchev–Trinajstić information content (AvgIpc) is 3.92. The van der Waals surface area contributed by atoms with Crippen LogP contribution in [0.25, 0.3) is 0 Å². The quantitative estimate of drug-likeness (QED) is 0.239. The third-order valence-corrected chi connectivity index (χ3v) is 14.5. The van der Waals surface area contributed by atoms with E-state index < -0.39 is 147 Å². The highest BCUT2D eigenvalue weighted by Crippen LogP contribution is 2.81. The van der Waals surface area contributed by atoms with Crippen LogP contribution in [0.15, 0.2) is 11.3 Å². The van der Waals surface area contributed by atoms with Crippen molar-refractivity contribution in [2.24, 2.45) is 51.8 Å². The number of aliphatic hydroxyl groups excluding tert-OH is 1. The standard InChI is InChI=1S/C36H44O15/c1-11-19-22(34(8)35(9,44)31(43)51-36(34)28(11)50-36)26(45-12(2)37)20-18-21(27(46-13(3)38)30(33(19,20)7)48-15(5)40)32(6)16(23(41)24(18)42)10-17-25(49-17)29(32)47-14(4)39/h11,16-17,19-22,25-30,42,44H,10H2,1-9H3/t11-,16+,17-,19-,20+,21+,22-,25-,26+,27-,28+,29-,30-,32-,33+,34-,35+,36-/m0/s1. The molecule has 0 bridgehead atoms. The molecule has 15 heteroatoms. The van der Waals surface area contributed by atoms with Gasteiger partial charge in [0.05, 0.1) is 11.5 Å². The van der Waals surface area contributed by atoms with Crippen LogP contribution >= 0.6 is 0 Å². The van der Waals surface area contributed by atoms with E-state index in [4.69, 9.17) is 33.2 Å². The lowest BCUT2D eigenvalue weighted by molar-refractivity contribution is -0.226. The molecule has 1 spiro atoms. The number of Topliss-reactive ketones (excluding diaryl/α,β-unsaturated/α-hetero) is 1. The van der Waals surface area contributed by atoms with Crippen molar-refractivity contribution in [3.63, 3.8) is 0 Å². The van der Waals surface area contributed by atoms with Crippen LogP contribution in [0, 0.1) is 51.8 Å². The molecule has 4 saturated carbocycles. The molecule has 8 rings (SSSR count). The number of allylic oxidation sites excluding steroid dienone is 1. The fourth-order valence-electron chi connectivity index (χ4n) is 12.6. The van der Waals surface area contributed by atoms with E-state index in [0.717, 1.165) is 0 Å². The van der Waals surface area contributed by atoms with E-state index in [9.17, 15) is 39.0 Å². The molecule has 0 radical (unpaired) electrons. The number of rotatable bonds is 4. The van der Waals surface area contributed by atoms with Gasteiger partial charge in [-0.05, 0) is 37.7 Å². The van der Waals surface area contributed by atoms with E-state index >= 15 is 0 Å². The molecular weight excluding hydrogens is 672 g/mol. The minimum atomic E-state index is -2.17. The first-order valence-corrected chi connectivity index (χ1v) is 17.6.